The zero-order chi connectivity index (χ0) is 16.4. The summed E-state index contributed by atoms with van der Waals surface area (Å²) in [7, 11) is 0. The lowest BCUT2D eigenvalue weighted by molar-refractivity contribution is 0.207. The van der Waals surface area contributed by atoms with E-state index >= 15 is 0 Å². The molecule has 1 aliphatic rings. The maximum absolute atomic E-state index is 12.7. The molecule has 0 saturated carbocycles. The average Bonchev–Trinajstić information content (AvgIpc) is 3.01. The van der Waals surface area contributed by atoms with Gasteiger partial charge in [0, 0.05) is 17.3 Å². The highest BCUT2D eigenvalue weighted by Gasteiger charge is 2.30. The Balaban J connectivity index is 1.78. The van der Waals surface area contributed by atoms with Crippen LogP contribution in [0.15, 0.2) is 42.5 Å². The number of urea groups is 1. The summed E-state index contributed by atoms with van der Waals surface area (Å²) >= 11 is 6.03. The molecule has 1 saturated heterocycles. The van der Waals surface area contributed by atoms with Crippen molar-refractivity contribution in [2.45, 2.75) is 32.7 Å². The van der Waals surface area contributed by atoms with Crippen molar-refractivity contribution in [3.8, 4) is 0 Å². The van der Waals surface area contributed by atoms with E-state index < -0.39 is 0 Å². The van der Waals surface area contributed by atoms with E-state index in [1.54, 1.807) is 6.07 Å². The van der Waals surface area contributed by atoms with Gasteiger partial charge in [0.05, 0.1) is 6.04 Å². The van der Waals surface area contributed by atoms with Gasteiger partial charge in [-0.15, -0.1) is 0 Å². The van der Waals surface area contributed by atoms with Crippen LogP contribution in [-0.4, -0.2) is 17.5 Å². The Morgan fingerprint density at radius 1 is 1.17 bits per heavy atom. The maximum atomic E-state index is 12.7. The van der Waals surface area contributed by atoms with Crippen LogP contribution >= 0.6 is 11.6 Å². The molecule has 3 nitrogen and oxygen atoms in total. The molecule has 3 rings (SSSR count). The molecular formula is C19H21ClN2O. The third-order valence-corrected chi connectivity index (χ3v) is 4.65. The quantitative estimate of drug-likeness (QED) is 0.794. The maximum Gasteiger partial charge on any atom is 0.322 e. The van der Waals surface area contributed by atoms with E-state index in [1.165, 1.54) is 11.1 Å². The van der Waals surface area contributed by atoms with Gasteiger partial charge in [0.1, 0.15) is 0 Å². The van der Waals surface area contributed by atoms with Crippen LogP contribution < -0.4 is 5.32 Å². The van der Waals surface area contributed by atoms with Gasteiger partial charge in [-0.3, -0.25) is 0 Å². The van der Waals surface area contributed by atoms with Crippen LogP contribution in [0.2, 0.25) is 5.02 Å². The van der Waals surface area contributed by atoms with Crippen molar-refractivity contribution in [2.24, 2.45) is 0 Å². The molecule has 0 unspecified atom stereocenters. The van der Waals surface area contributed by atoms with Gasteiger partial charge in [-0.05, 0) is 49.9 Å². The Morgan fingerprint density at radius 3 is 2.65 bits per heavy atom. The number of nitrogens with zero attached hydrogens (tertiary/aromatic N) is 1. The van der Waals surface area contributed by atoms with Crippen LogP contribution in [-0.2, 0) is 0 Å². The number of halogens is 1. The Labute approximate surface area is 142 Å². The molecule has 0 bridgehead atoms. The van der Waals surface area contributed by atoms with Crippen molar-refractivity contribution in [3.05, 3.63) is 64.2 Å². The average molecular weight is 329 g/mol. The highest BCUT2D eigenvalue weighted by atomic mass is 35.5. The smallest absolute Gasteiger partial charge is 0.317 e. The van der Waals surface area contributed by atoms with Crippen LogP contribution in [0.25, 0.3) is 0 Å². The van der Waals surface area contributed by atoms with Gasteiger partial charge < -0.3 is 10.2 Å². The summed E-state index contributed by atoms with van der Waals surface area (Å²) in [5.41, 5.74) is 4.22. The third kappa shape index (κ3) is 3.50. The minimum Gasteiger partial charge on any atom is -0.317 e. The first-order valence-corrected chi connectivity index (χ1v) is 8.33. The Morgan fingerprint density at radius 2 is 1.91 bits per heavy atom. The van der Waals surface area contributed by atoms with Crippen LogP contribution in [0.1, 0.15) is 35.6 Å². The second kappa shape index (κ2) is 6.63. The van der Waals surface area contributed by atoms with Gasteiger partial charge in [-0.25, -0.2) is 4.79 Å². The normalized spacial score (nSPS) is 17.3. The van der Waals surface area contributed by atoms with Crippen LogP contribution in [0.3, 0.4) is 0 Å². The van der Waals surface area contributed by atoms with Crippen LogP contribution in [0.4, 0.5) is 10.5 Å². The third-order valence-electron chi connectivity index (χ3n) is 4.42. The summed E-state index contributed by atoms with van der Waals surface area (Å²) in [6.45, 7) is 4.82. The first-order chi connectivity index (χ1) is 11.0. The molecule has 23 heavy (non-hydrogen) atoms. The standard InChI is InChI=1S/C19H21ClN2O/c1-13-5-8-15(9-6-13)18-4-3-11-22(18)19(23)21-17-12-16(20)10-7-14(17)2/h5-10,12,18H,3-4,11H2,1-2H3,(H,21,23)/t18-/m1/s1. The number of carbonyl (C=O) groups excluding carboxylic acids is 1. The molecule has 1 atom stereocenters. The van der Waals surface area contributed by atoms with Gasteiger partial charge in [0.15, 0.2) is 0 Å². The number of hydrogen-bond acceptors (Lipinski definition) is 1. The molecule has 4 heteroatoms. The molecular weight excluding hydrogens is 308 g/mol. The molecule has 2 aromatic carbocycles. The molecule has 1 heterocycles. The fourth-order valence-electron chi connectivity index (χ4n) is 3.06. The summed E-state index contributed by atoms with van der Waals surface area (Å²) in [6.07, 6.45) is 2.03. The number of nitrogens with one attached hydrogen (secondary N) is 1. The molecule has 0 radical (unpaired) electrons. The number of anilines is 1. The van der Waals surface area contributed by atoms with Crippen LogP contribution in [0, 0.1) is 13.8 Å². The summed E-state index contributed by atoms with van der Waals surface area (Å²) < 4.78 is 0. The highest BCUT2D eigenvalue weighted by Crippen LogP contribution is 2.33. The second-order valence-corrected chi connectivity index (χ2v) is 6.59. The molecule has 1 N–H and O–H groups in total. The van der Waals surface area contributed by atoms with Crippen molar-refractivity contribution in [3.63, 3.8) is 0 Å². The lowest BCUT2D eigenvalue weighted by atomic mass is 10.0. The highest BCUT2D eigenvalue weighted by molar-refractivity contribution is 6.31. The molecule has 2 amide bonds. The fourth-order valence-corrected chi connectivity index (χ4v) is 3.23. The lowest BCUT2D eigenvalue weighted by Gasteiger charge is -2.26. The van der Waals surface area contributed by atoms with Crippen molar-refractivity contribution in [1.82, 2.24) is 4.90 Å². The number of rotatable bonds is 2. The minimum atomic E-state index is -0.0570. The van der Waals surface area contributed by atoms with E-state index in [1.807, 2.05) is 24.0 Å². The molecule has 120 valence electrons. The predicted molar refractivity (Wildman–Crippen MR) is 95.1 cm³/mol. The van der Waals surface area contributed by atoms with Gasteiger partial charge in [0.25, 0.3) is 0 Å². The first kappa shape index (κ1) is 15.9. The second-order valence-electron chi connectivity index (χ2n) is 6.15. The Hall–Kier alpha value is -2.00. The van der Waals surface area contributed by atoms with E-state index in [0.717, 1.165) is 30.6 Å². The monoisotopic (exact) mass is 328 g/mol. The van der Waals surface area contributed by atoms with Crippen LogP contribution in [0.5, 0.6) is 0 Å². The van der Waals surface area contributed by atoms with Crippen molar-refractivity contribution < 1.29 is 4.79 Å². The van der Waals surface area contributed by atoms with Gasteiger partial charge in [-0.2, -0.15) is 0 Å². The Bertz CT molecular complexity index is 712. The fraction of sp³-hybridized carbons (Fsp3) is 0.316. The zero-order valence-corrected chi connectivity index (χ0v) is 14.2. The number of aryl methyl sites for hydroxylation is 2. The molecule has 0 aromatic heterocycles. The van der Waals surface area contributed by atoms with Gasteiger partial charge >= 0.3 is 6.03 Å². The molecule has 1 aliphatic heterocycles. The topological polar surface area (TPSA) is 32.3 Å². The SMILES string of the molecule is Cc1ccc([C@H]2CCCN2C(=O)Nc2cc(Cl)ccc2C)cc1. The number of carbonyl (C=O) groups is 1. The molecule has 1 fully saturated rings. The van der Waals surface area contributed by atoms with Crippen molar-refractivity contribution in [2.75, 3.05) is 11.9 Å². The largest absolute Gasteiger partial charge is 0.322 e. The number of likely N-dealkylation sites (tertiary alicyclic amines) is 1. The summed E-state index contributed by atoms with van der Waals surface area (Å²) in [5, 5.41) is 3.63. The van der Waals surface area contributed by atoms with E-state index in [4.69, 9.17) is 11.6 Å². The number of amides is 2. The summed E-state index contributed by atoms with van der Waals surface area (Å²) in [4.78, 5) is 14.6. The first-order valence-electron chi connectivity index (χ1n) is 7.95. The summed E-state index contributed by atoms with van der Waals surface area (Å²) in [5.74, 6) is 0. The van der Waals surface area contributed by atoms with Gasteiger partial charge in [0.2, 0.25) is 0 Å². The minimum absolute atomic E-state index is 0.0570. The van der Waals surface area contributed by atoms with Crippen molar-refractivity contribution >= 4 is 23.3 Å². The molecule has 0 aliphatic carbocycles. The van der Waals surface area contributed by atoms with E-state index in [0.29, 0.717) is 5.02 Å². The molecule has 2 aromatic rings. The van der Waals surface area contributed by atoms with E-state index in [9.17, 15) is 4.79 Å². The van der Waals surface area contributed by atoms with E-state index in [2.05, 4.69) is 36.5 Å². The Kier molecular flexibility index (Phi) is 4.58. The van der Waals surface area contributed by atoms with E-state index in [-0.39, 0.29) is 12.1 Å². The van der Waals surface area contributed by atoms with Gasteiger partial charge in [-0.1, -0.05) is 47.5 Å². The van der Waals surface area contributed by atoms with Crippen molar-refractivity contribution in [1.29, 1.82) is 0 Å². The summed E-state index contributed by atoms with van der Waals surface area (Å²) in [6, 6.07) is 14.1. The number of hydrogen-bond donors (Lipinski definition) is 1. The lowest BCUT2D eigenvalue weighted by Crippen LogP contribution is -2.34. The number of benzene rings is 2. The predicted octanol–water partition coefficient (Wildman–Crippen LogP) is 5.33. The molecule has 0 spiro atoms. The zero-order valence-electron chi connectivity index (χ0n) is 13.5.